The first-order valence-corrected chi connectivity index (χ1v) is 12.3. The SMILES string of the molecule is Cc1ccccc1OCC(=O)N1CC[C@@]2(C1)c1ccccc1S(=O)(=O)N2Cc1cccnc1. The largest absolute Gasteiger partial charge is 0.484 e. The first kappa shape index (κ1) is 21.6. The van der Waals surface area contributed by atoms with E-state index in [0.717, 1.165) is 16.7 Å². The normalized spacial score (nSPS) is 21.3. The number of benzene rings is 2. The van der Waals surface area contributed by atoms with Gasteiger partial charge in [-0.25, -0.2) is 8.42 Å². The van der Waals surface area contributed by atoms with Gasteiger partial charge in [0.15, 0.2) is 6.61 Å². The number of ether oxygens (including phenoxy) is 1. The van der Waals surface area contributed by atoms with Crippen LogP contribution >= 0.6 is 0 Å². The number of carbonyl (C=O) groups excluding carboxylic acids is 1. The lowest BCUT2D eigenvalue weighted by molar-refractivity contribution is -0.132. The van der Waals surface area contributed by atoms with E-state index in [-0.39, 0.29) is 19.1 Å². The van der Waals surface area contributed by atoms with E-state index in [1.807, 2.05) is 49.4 Å². The Bertz CT molecular complexity index is 1300. The standard InChI is InChI=1S/C25H25N3O4S/c1-19-7-2-4-10-22(19)32-17-24(29)27-14-12-25(18-27)21-9-3-5-11-23(21)33(30,31)28(25)16-20-8-6-13-26-15-20/h2-11,13,15H,12,14,16-18H2,1H3/t25-/m1/s1. The Labute approximate surface area is 193 Å². The summed E-state index contributed by atoms with van der Waals surface area (Å²) in [5, 5.41) is 0. The van der Waals surface area contributed by atoms with Crippen LogP contribution in [-0.2, 0) is 26.9 Å². The van der Waals surface area contributed by atoms with Crippen LogP contribution in [0.3, 0.4) is 0 Å². The van der Waals surface area contributed by atoms with Gasteiger partial charge in [0.05, 0.1) is 10.4 Å². The summed E-state index contributed by atoms with van der Waals surface area (Å²) in [6, 6.07) is 18.3. The van der Waals surface area contributed by atoms with Gasteiger partial charge in [-0.1, -0.05) is 42.5 Å². The zero-order valence-corrected chi connectivity index (χ0v) is 19.2. The minimum Gasteiger partial charge on any atom is -0.484 e. The van der Waals surface area contributed by atoms with Gasteiger partial charge in [0, 0.05) is 32.0 Å². The highest BCUT2D eigenvalue weighted by Crippen LogP contribution is 2.50. The predicted octanol–water partition coefficient (Wildman–Crippen LogP) is 3.10. The monoisotopic (exact) mass is 463 g/mol. The number of pyridine rings is 1. The van der Waals surface area contributed by atoms with Crippen LogP contribution in [-0.4, -0.2) is 48.2 Å². The van der Waals surface area contributed by atoms with Crippen LogP contribution in [0, 0.1) is 6.92 Å². The van der Waals surface area contributed by atoms with Crippen molar-refractivity contribution in [1.29, 1.82) is 0 Å². The number of aromatic nitrogens is 1. The second kappa shape index (κ2) is 8.28. The number of sulfonamides is 1. The lowest BCUT2D eigenvalue weighted by Crippen LogP contribution is -2.46. The number of hydrogen-bond acceptors (Lipinski definition) is 5. The van der Waals surface area contributed by atoms with Crippen molar-refractivity contribution in [1.82, 2.24) is 14.2 Å². The molecule has 1 saturated heterocycles. The second-order valence-electron chi connectivity index (χ2n) is 8.52. The summed E-state index contributed by atoms with van der Waals surface area (Å²) in [7, 11) is -3.71. The Morgan fingerprint density at radius 2 is 1.88 bits per heavy atom. The van der Waals surface area contributed by atoms with Crippen molar-refractivity contribution >= 4 is 15.9 Å². The van der Waals surface area contributed by atoms with Crippen LogP contribution in [0.1, 0.15) is 23.1 Å². The molecule has 0 bridgehead atoms. The van der Waals surface area contributed by atoms with Crippen LogP contribution in [0.4, 0.5) is 0 Å². The molecule has 0 N–H and O–H groups in total. The molecule has 0 unspecified atom stereocenters. The summed E-state index contributed by atoms with van der Waals surface area (Å²) in [5.74, 6) is 0.519. The van der Waals surface area contributed by atoms with E-state index in [4.69, 9.17) is 4.74 Å². The van der Waals surface area contributed by atoms with Crippen LogP contribution in [0.5, 0.6) is 5.75 Å². The number of rotatable bonds is 5. The molecule has 5 rings (SSSR count). The summed E-state index contributed by atoms with van der Waals surface area (Å²) in [5.41, 5.74) is 1.72. The molecule has 0 radical (unpaired) electrons. The summed E-state index contributed by atoms with van der Waals surface area (Å²) < 4.78 is 34.4. The quantitative estimate of drug-likeness (QED) is 0.581. The van der Waals surface area contributed by atoms with E-state index in [2.05, 4.69) is 4.98 Å². The molecule has 3 heterocycles. The maximum absolute atomic E-state index is 13.6. The number of nitrogens with zero attached hydrogens (tertiary/aromatic N) is 3. The average molecular weight is 464 g/mol. The molecule has 33 heavy (non-hydrogen) atoms. The Morgan fingerprint density at radius 3 is 2.67 bits per heavy atom. The highest BCUT2D eigenvalue weighted by molar-refractivity contribution is 7.89. The second-order valence-corrected chi connectivity index (χ2v) is 10.4. The molecule has 1 atom stereocenters. The molecule has 3 aromatic rings. The number of para-hydroxylation sites is 1. The number of fused-ring (bicyclic) bond motifs is 2. The van der Waals surface area contributed by atoms with Gasteiger partial charge in [-0.05, 0) is 48.2 Å². The van der Waals surface area contributed by atoms with Crippen LogP contribution in [0.2, 0.25) is 0 Å². The minimum atomic E-state index is -3.71. The van der Waals surface area contributed by atoms with E-state index < -0.39 is 15.6 Å². The molecule has 2 aliphatic rings. The highest BCUT2D eigenvalue weighted by Gasteiger charge is 2.57. The Balaban J connectivity index is 1.43. The van der Waals surface area contributed by atoms with E-state index in [0.29, 0.717) is 30.2 Å². The lowest BCUT2D eigenvalue weighted by atomic mass is 9.88. The topological polar surface area (TPSA) is 79.8 Å². The van der Waals surface area contributed by atoms with E-state index in [1.165, 1.54) is 0 Å². The van der Waals surface area contributed by atoms with Gasteiger partial charge in [0.25, 0.3) is 5.91 Å². The molecular weight excluding hydrogens is 438 g/mol. The number of carbonyl (C=O) groups is 1. The predicted molar refractivity (Wildman–Crippen MR) is 123 cm³/mol. The van der Waals surface area contributed by atoms with Crippen molar-refractivity contribution in [3.8, 4) is 5.75 Å². The molecule has 1 amide bonds. The van der Waals surface area contributed by atoms with E-state index in [1.54, 1.807) is 39.8 Å². The molecule has 170 valence electrons. The van der Waals surface area contributed by atoms with E-state index in [9.17, 15) is 13.2 Å². The third-order valence-electron chi connectivity index (χ3n) is 6.53. The number of amides is 1. The molecule has 1 spiro atoms. The number of likely N-dealkylation sites (tertiary alicyclic amines) is 1. The van der Waals surface area contributed by atoms with Gasteiger partial charge in [-0.15, -0.1) is 0 Å². The molecular formula is C25H25N3O4S. The molecule has 1 aromatic heterocycles. The van der Waals surface area contributed by atoms with Gasteiger partial charge in [0.2, 0.25) is 10.0 Å². The van der Waals surface area contributed by atoms with Crippen molar-refractivity contribution in [3.05, 3.63) is 89.7 Å². The Hall–Kier alpha value is -3.23. The van der Waals surface area contributed by atoms with Gasteiger partial charge >= 0.3 is 0 Å². The van der Waals surface area contributed by atoms with Crippen molar-refractivity contribution in [2.75, 3.05) is 19.7 Å². The summed E-state index contributed by atoms with van der Waals surface area (Å²) in [4.78, 5) is 19.2. The lowest BCUT2D eigenvalue weighted by Gasteiger charge is -2.34. The molecule has 8 heteroatoms. The van der Waals surface area contributed by atoms with Crippen molar-refractivity contribution in [3.63, 3.8) is 0 Å². The third kappa shape index (κ3) is 3.69. The highest BCUT2D eigenvalue weighted by atomic mass is 32.2. The average Bonchev–Trinajstić information content (AvgIpc) is 3.35. The fraction of sp³-hybridized carbons (Fsp3) is 0.280. The van der Waals surface area contributed by atoms with Crippen molar-refractivity contribution < 1.29 is 17.9 Å². The van der Waals surface area contributed by atoms with Crippen LogP contribution in [0.25, 0.3) is 0 Å². The van der Waals surface area contributed by atoms with Crippen LogP contribution < -0.4 is 4.74 Å². The van der Waals surface area contributed by atoms with Crippen molar-refractivity contribution in [2.24, 2.45) is 0 Å². The Morgan fingerprint density at radius 1 is 1.09 bits per heavy atom. The molecule has 0 aliphatic carbocycles. The molecule has 2 aliphatic heterocycles. The summed E-state index contributed by atoms with van der Waals surface area (Å²) in [6.07, 6.45) is 3.87. The minimum absolute atomic E-state index is 0.0854. The third-order valence-corrected chi connectivity index (χ3v) is 8.50. The zero-order valence-electron chi connectivity index (χ0n) is 18.3. The molecule has 1 fully saturated rings. The maximum Gasteiger partial charge on any atom is 0.260 e. The Kier molecular flexibility index (Phi) is 5.42. The molecule has 2 aromatic carbocycles. The molecule has 0 saturated carbocycles. The van der Waals surface area contributed by atoms with Gasteiger partial charge < -0.3 is 9.64 Å². The zero-order chi connectivity index (χ0) is 23.1. The summed E-state index contributed by atoms with van der Waals surface area (Å²) in [6.45, 7) is 2.80. The summed E-state index contributed by atoms with van der Waals surface area (Å²) >= 11 is 0. The molecule has 7 nitrogen and oxygen atoms in total. The smallest absolute Gasteiger partial charge is 0.260 e. The van der Waals surface area contributed by atoms with Crippen molar-refractivity contribution in [2.45, 2.75) is 30.3 Å². The first-order chi connectivity index (χ1) is 15.9. The fourth-order valence-electron chi connectivity index (χ4n) is 4.83. The number of hydrogen-bond donors (Lipinski definition) is 0. The van der Waals surface area contributed by atoms with E-state index >= 15 is 0 Å². The maximum atomic E-state index is 13.6. The first-order valence-electron chi connectivity index (χ1n) is 10.9. The van der Waals surface area contributed by atoms with Gasteiger partial charge in [-0.3, -0.25) is 9.78 Å². The van der Waals surface area contributed by atoms with Crippen LogP contribution in [0.15, 0.2) is 78.0 Å². The fourth-order valence-corrected chi connectivity index (χ4v) is 6.88. The van der Waals surface area contributed by atoms with Gasteiger partial charge in [-0.2, -0.15) is 4.31 Å². The van der Waals surface area contributed by atoms with Gasteiger partial charge in [0.1, 0.15) is 5.75 Å². The number of aryl methyl sites for hydroxylation is 1.